The number of ether oxygens (including phenoxy) is 2. The van der Waals surface area contributed by atoms with E-state index in [0.29, 0.717) is 23.5 Å². The Labute approximate surface area is 184 Å². The highest BCUT2D eigenvalue weighted by Gasteiger charge is 2.57. The second-order valence-corrected chi connectivity index (χ2v) is 11.7. The van der Waals surface area contributed by atoms with Gasteiger partial charge in [-0.15, -0.1) is 0 Å². The highest BCUT2D eigenvalue weighted by Crippen LogP contribution is 2.52. The Morgan fingerprint density at radius 3 is 2.35 bits per heavy atom. The van der Waals surface area contributed by atoms with Gasteiger partial charge in [0.2, 0.25) is 5.91 Å². The molecule has 31 heavy (non-hydrogen) atoms. The summed E-state index contributed by atoms with van der Waals surface area (Å²) in [6.45, 7) is 8.03. The van der Waals surface area contributed by atoms with Crippen molar-refractivity contribution in [1.29, 1.82) is 0 Å². The van der Waals surface area contributed by atoms with Crippen molar-refractivity contribution in [2.45, 2.75) is 61.3 Å². The normalized spacial score (nSPS) is 25.6. The third kappa shape index (κ3) is 3.30. The molecule has 2 aromatic carbocycles. The van der Waals surface area contributed by atoms with Crippen LogP contribution in [0.3, 0.4) is 0 Å². The molecular weight excluding hydrogens is 414 g/mol. The zero-order chi connectivity index (χ0) is 22.8. The molecule has 7 heteroatoms. The first-order chi connectivity index (χ1) is 14.4. The summed E-state index contributed by atoms with van der Waals surface area (Å²) in [4.78, 5) is 15.0. The van der Waals surface area contributed by atoms with Crippen LogP contribution in [0, 0.1) is 0 Å². The lowest BCUT2D eigenvalue weighted by molar-refractivity contribution is -0.160. The maximum atomic E-state index is 13.8. The fourth-order valence-electron chi connectivity index (χ4n) is 4.59. The SMILES string of the molecule is COc1cccc2c1OC1(C)CC2C(S(=O)(=O)c2ccc(C(C)(C)C)cc2)C(=O)N1C. The lowest BCUT2D eigenvalue weighted by Crippen LogP contribution is -2.64. The quantitative estimate of drug-likeness (QED) is 0.720. The predicted octanol–water partition coefficient (Wildman–Crippen LogP) is 3.89. The Morgan fingerprint density at radius 1 is 1.13 bits per heavy atom. The molecule has 0 spiro atoms. The third-order valence-corrected chi connectivity index (χ3v) is 8.71. The minimum atomic E-state index is -3.93. The Kier molecular flexibility index (Phi) is 4.89. The second-order valence-electron chi connectivity index (χ2n) is 9.60. The number of benzene rings is 2. The molecular formula is C24H29NO5S. The van der Waals surface area contributed by atoms with E-state index in [2.05, 4.69) is 20.8 Å². The van der Waals surface area contributed by atoms with Crippen LogP contribution in [0.25, 0.3) is 0 Å². The zero-order valence-electron chi connectivity index (χ0n) is 18.8. The van der Waals surface area contributed by atoms with E-state index >= 15 is 0 Å². The number of piperidine rings is 1. The van der Waals surface area contributed by atoms with Crippen molar-refractivity contribution < 1.29 is 22.7 Å². The van der Waals surface area contributed by atoms with Crippen LogP contribution in [0.5, 0.6) is 11.5 Å². The topological polar surface area (TPSA) is 72.9 Å². The van der Waals surface area contributed by atoms with E-state index in [-0.39, 0.29) is 10.3 Å². The number of amides is 1. The highest BCUT2D eigenvalue weighted by molar-refractivity contribution is 7.92. The first-order valence-corrected chi connectivity index (χ1v) is 11.9. The Morgan fingerprint density at radius 2 is 1.77 bits per heavy atom. The van der Waals surface area contributed by atoms with Gasteiger partial charge in [0.1, 0.15) is 0 Å². The van der Waals surface area contributed by atoms with Crippen molar-refractivity contribution in [2.75, 3.05) is 14.2 Å². The van der Waals surface area contributed by atoms with E-state index in [9.17, 15) is 13.2 Å². The lowest BCUT2D eigenvalue weighted by atomic mass is 9.80. The summed E-state index contributed by atoms with van der Waals surface area (Å²) in [7, 11) is -0.785. The van der Waals surface area contributed by atoms with E-state index in [0.717, 1.165) is 5.56 Å². The number of carbonyl (C=O) groups excluding carboxylic acids is 1. The number of sulfone groups is 1. The first-order valence-electron chi connectivity index (χ1n) is 10.4. The van der Waals surface area contributed by atoms with E-state index < -0.39 is 32.6 Å². The summed E-state index contributed by atoms with van der Waals surface area (Å²) in [6, 6.07) is 12.3. The maximum Gasteiger partial charge on any atom is 0.244 e. The molecule has 3 atom stereocenters. The Bertz CT molecular complexity index is 1130. The smallest absolute Gasteiger partial charge is 0.244 e. The molecule has 0 N–H and O–H groups in total. The maximum absolute atomic E-state index is 13.8. The molecule has 1 amide bonds. The van der Waals surface area contributed by atoms with Crippen LogP contribution in [0.1, 0.15) is 51.2 Å². The van der Waals surface area contributed by atoms with Gasteiger partial charge in [0.05, 0.1) is 12.0 Å². The molecule has 2 aliphatic heterocycles. The van der Waals surface area contributed by atoms with Crippen molar-refractivity contribution in [2.24, 2.45) is 0 Å². The molecule has 3 unspecified atom stereocenters. The average Bonchev–Trinajstić information content (AvgIpc) is 2.71. The summed E-state index contributed by atoms with van der Waals surface area (Å²) < 4.78 is 39.2. The van der Waals surface area contributed by atoms with Crippen LogP contribution in [0.4, 0.5) is 0 Å². The number of carbonyl (C=O) groups is 1. The first kappa shape index (κ1) is 21.7. The van der Waals surface area contributed by atoms with Crippen LogP contribution in [-0.2, 0) is 20.0 Å². The van der Waals surface area contributed by atoms with Crippen molar-refractivity contribution >= 4 is 15.7 Å². The van der Waals surface area contributed by atoms with Crippen LogP contribution in [-0.4, -0.2) is 44.4 Å². The number of rotatable bonds is 3. The molecule has 4 rings (SSSR count). The van der Waals surface area contributed by atoms with E-state index in [1.54, 1.807) is 38.4 Å². The number of hydrogen-bond donors (Lipinski definition) is 0. The van der Waals surface area contributed by atoms with Gasteiger partial charge in [0.25, 0.3) is 0 Å². The van der Waals surface area contributed by atoms with Crippen LogP contribution >= 0.6 is 0 Å². The molecule has 2 aromatic rings. The Hall–Kier alpha value is -2.54. The van der Waals surface area contributed by atoms with Gasteiger partial charge in [-0.25, -0.2) is 8.42 Å². The van der Waals surface area contributed by atoms with E-state index in [1.165, 1.54) is 4.90 Å². The number of nitrogens with zero attached hydrogens (tertiary/aromatic N) is 1. The minimum absolute atomic E-state index is 0.0960. The van der Waals surface area contributed by atoms with Crippen molar-refractivity contribution in [3.05, 3.63) is 53.6 Å². The number of hydrogen-bond acceptors (Lipinski definition) is 5. The van der Waals surface area contributed by atoms with Gasteiger partial charge in [-0.05, 0) is 36.1 Å². The van der Waals surface area contributed by atoms with Crippen LogP contribution < -0.4 is 9.47 Å². The minimum Gasteiger partial charge on any atom is -0.493 e. The predicted molar refractivity (Wildman–Crippen MR) is 118 cm³/mol. The summed E-state index contributed by atoms with van der Waals surface area (Å²) >= 11 is 0. The fraction of sp³-hybridized carbons (Fsp3) is 0.458. The lowest BCUT2D eigenvalue weighted by Gasteiger charge is -2.51. The zero-order valence-corrected chi connectivity index (χ0v) is 19.6. The van der Waals surface area contributed by atoms with Crippen molar-refractivity contribution in [3.8, 4) is 11.5 Å². The molecule has 2 aliphatic rings. The van der Waals surface area contributed by atoms with Crippen LogP contribution in [0.2, 0.25) is 0 Å². The second kappa shape index (κ2) is 6.99. The number of para-hydroxylation sites is 1. The largest absolute Gasteiger partial charge is 0.493 e. The summed E-state index contributed by atoms with van der Waals surface area (Å²) in [5, 5.41) is -1.22. The molecule has 2 heterocycles. The van der Waals surface area contributed by atoms with Crippen molar-refractivity contribution in [1.82, 2.24) is 4.90 Å². The summed E-state index contributed by atoms with van der Waals surface area (Å²) in [5.74, 6) is 0.0557. The van der Waals surface area contributed by atoms with Gasteiger partial charge in [-0.1, -0.05) is 45.0 Å². The van der Waals surface area contributed by atoms with Gasteiger partial charge in [0.15, 0.2) is 32.3 Å². The van der Waals surface area contributed by atoms with Gasteiger partial charge in [0, 0.05) is 24.9 Å². The fourth-order valence-corrected chi connectivity index (χ4v) is 6.49. The molecule has 0 saturated carbocycles. The molecule has 2 bridgehead atoms. The molecule has 166 valence electrons. The number of fused-ring (bicyclic) bond motifs is 4. The van der Waals surface area contributed by atoms with Gasteiger partial charge in [-0.3, -0.25) is 4.79 Å². The highest BCUT2D eigenvalue weighted by atomic mass is 32.2. The monoisotopic (exact) mass is 443 g/mol. The average molecular weight is 444 g/mol. The molecule has 1 saturated heterocycles. The number of methoxy groups -OCH3 is 1. The van der Waals surface area contributed by atoms with E-state index in [4.69, 9.17) is 9.47 Å². The Balaban J connectivity index is 1.85. The number of likely N-dealkylation sites (tertiary alicyclic amines) is 1. The molecule has 0 aromatic heterocycles. The molecule has 6 nitrogen and oxygen atoms in total. The summed E-state index contributed by atoms with van der Waals surface area (Å²) in [5.41, 5.74) is 0.692. The van der Waals surface area contributed by atoms with Crippen LogP contribution in [0.15, 0.2) is 47.4 Å². The van der Waals surface area contributed by atoms with Gasteiger partial charge in [-0.2, -0.15) is 0 Å². The van der Waals surface area contributed by atoms with E-state index in [1.807, 2.05) is 25.1 Å². The van der Waals surface area contributed by atoms with Gasteiger partial charge < -0.3 is 14.4 Å². The third-order valence-electron chi connectivity index (χ3n) is 6.58. The van der Waals surface area contributed by atoms with Gasteiger partial charge >= 0.3 is 0 Å². The van der Waals surface area contributed by atoms with Crippen molar-refractivity contribution in [3.63, 3.8) is 0 Å². The molecule has 0 aliphatic carbocycles. The molecule has 0 radical (unpaired) electrons. The molecule has 1 fully saturated rings. The standard InChI is InChI=1S/C24H29NO5S/c1-23(2,3)15-10-12-16(13-11-15)31(27,28)21-18-14-24(4,25(5)22(21)26)30-20-17(18)8-7-9-19(20)29-6/h7-13,18,21H,14H2,1-6H3. The summed E-state index contributed by atoms with van der Waals surface area (Å²) in [6.07, 6.45) is 0.388.